The summed E-state index contributed by atoms with van der Waals surface area (Å²) in [4.78, 5) is 25.0. The van der Waals surface area contributed by atoms with Crippen molar-refractivity contribution in [2.75, 3.05) is 27.4 Å². The van der Waals surface area contributed by atoms with Gasteiger partial charge in [-0.1, -0.05) is 40.2 Å². The summed E-state index contributed by atoms with van der Waals surface area (Å²) in [7, 11) is 3.30. The first-order chi connectivity index (χ1) is 19.0. The summed E-state index contributed by atoms with van der Waals surface area (Å²) in [6, 6.07) is 5.27. The summed E-state index contributed by atoms with van der Waals surface area (Å²) in [5.74, 6) is 0.712. The summed E-state index contributed by atoms with van der Waals surface area (Å²) in [6.07, 6.45) is 3.93. The van der Waals surface area contributed by atoms with Gasteiger partial charge in [-0.2, -0.15) is 0 Å². The van der Waals surface area contributed by atoms with Gasteiger partial charge in [-0.15, -0.1) is 0 Å². The number of hydrogen-bond donors (Lipinski definition) is 4. The van der Waals surface area contributed by atoms with Crippen molar-refractivity contribution >= 4 is 11.8 Å². The fourth-order valence-electron chi connectivity index (χ4n) is 5.63. The molecule has 1 saturated carbocycles. The molecule has 0 aliphatic heterocycles. The van der Waals surface area contributed by atoms with Gasteiger partial charge in [0, 0.05) is 38.1 Å². The number of ether oxygens (including phenoxy) is 3. The SMILES string of the molecule is COCCCOc1cc(C[C@@H](C[C@H](N)[C@@H](O)C[C@H](C(=O)NC2CCCC2C(N)=O)C(C)C)C(C)C)ccc1OC. The van der Waals surface area contributed by atoms with Crippen LogP contribution in [0.5, 0.6) is 11.5 Å². The average molecular weight is 564 g/mol. The average Bonchev–Trinajstić information content (AvgIpc) is 3.37. The molecule has 1 aromatic rings. The van der Waals surface area contributed by atoms with Crippen LogP contribution in [0.1, 0.15) is 71.8 Å². The lowest BCUT2D eigenvalue weighted by Crippen LogP contribution is -2.47. The van der Waals surface area contributed by atoms with Crippen molar-refractivity contribution in [1.82, 2.24) is 5.32 Å². The molecule has 0 bridgehead atoms. The first-order valence-electron chi connectivity index (χ1n) is 14.8. The summed E-state index contributed by atoms with van der Waals surface area (Å²) < 4.78 is 16.5. The smallest absolute Gasteiger partial charge is 0.223 e. The lowest BCUT2D eigenvalue weighted by Gasteiger charge is -2.31. The predicted molar refractivity (Wildman–Crippen MR) is 157 cm³/mol. The molecule has 2 unspecified atom stereocenters. The van der Waals surface area contributed by atoms with Crippen LogP contribution in [0.2, 0.25) is 0 Å². The summed E-state index contributed by atoms with van der Waals surface area (Å²) in [6.45, 7) is 9.43. The van der Waals surface area contributed by atoms with Gasteiger partial charge >= 0.3 is 0 Å². The highest BCUT2D eigenvalue weighted by atomic mass is 16.5. The minimum atomic E-state index is -0.828. The van der Waals surface area contributed by atoms with Crippen molar-refractivity contribution in [2.45, 2.75) is 90.8 Å². The number of carbonyl (C=O) groups excluding carboxylic acids is 2. The minimum absolute atomic E-state index is 0.0118. The number of nitrogens with one attached hydrogen (secondary N) is 1. The second kappa shape index (κ2) is 16.8. The molecule has 1 fully saturated rings. The normalized spacial score (nSPS) is 20.2. The van der Waals surface area contributed by atoms with Crippen LogP contribution < -0.4 is 26.3 Å². The van der Waals surface area contributed by atoms with E-state index in [1.54, 1.807) is 14.2 Å². The molecule has 1 aliphatic carbocycles. The van der Waals surface area contributed by atoms with Crippen LogP contribution >= 0.6 is 0 Å². The first kappa shape index (κ1) is 33.8. The Balaban J connectivity index is 2.03. The van der Waals surface area contributed by atoms with Gasteiger partial charge in [0.05, 0.1) is 25.7 Å². The quantitative estimate of drug-likeness (QED) is 0.200. The number of benzene rings is 1. The number of primary amides is 1. The van der Waals surface area contributed by atoms with Gasteiger partial charge in [0.15, 0.2) is 11.5 Å². The Bertz CT molecular complexity index is 924. The number of rotatable bonds is 18. The Hall–Kier alpha value is -2.36. The third kappa shape index (κ3) is 10.2. The number of aliphatic hydroxyl groups excluding tert-OH is 1. The molecule has 228 valence electrons. The van der Waals surface area contributed by atoms with E-state index in [0.29, 0.717) is 43.5 Å². The number of amides is 2. The second-order valence-electron chi connectivity index (χ2n) is 12.0. The second-order valence-corrected chi connectivity index (χ2v) is 12.0. The van der Waals surface area contributed by atoms with Gasteiger partial charge < -0.3 is 36.1 Å². The Labute approximate surface area is 240 Å². The van der Waals surface area contributed by atoms with Gasteiger partial charge in [-0.25, -0.2) is 0 Å². The number of aliphatic hydroxyl groups is 1. The zero-order valence-electron chi connectivity index (χ0n) is 25.4. The van der Waals surface area contributed by atoms with Crippen LogP contribution in [0.3, 0.4) is 0 Å². The third-order valence-corrected chi connectivity index (χ3v) is 8.33. The van der Waals surface area contributed by atoms with Crippen LogP contribution in [-0.4, -0.2) is 62.5 Å². The van der Waals surface area contributed by atoms with Gasteiger partial charge in [-0.3, -0.25) is 9.59 Å². The van der Waals surface area contributed by atoms with E-state index < -0.39 is 18.1 Å². The Morgan fingerprint density at radius 1 is 1.05 bits per heavy atom. The maximum absolute atomic E-state index is 13.2. The molecule has 6 N–H and O–H groups in total. The van der Waals surface area contributed by atoms with Crippen molar-refractivity contribution in [2.24, 2.45) is 41.1 Å². The highest BCUT2D eigenvalue weighted by Gasteiger charge is 2.36. The molecule has 0 saturated heterocycles. The lowest BCUT2D eigenvalue weighted by molar-refractivity contribution is -0.129. The molecule has 0 radical (unpaired) electrons. The van der Waals surface area contributed by atoms with E-state index in [1.807, 2.05) is 32.0 Å². The highest BCUT2D eigenvalue weighted by molar-refractivity contribution is 5.82. The number of carbonyl (C=O) groups is 2. The highest BCUT2D eigenvalue weighted by Crippen LogP contribution is 2.32. The topological polar surface area (TPSA) is 146 Å². The molecule has 40 heavy (non-hydrogen) atoms. The fraction of sp³-hybridized carbons (Fsp3) is 0.742. The summed E-state index contributed by atoms with van der Waals surface area (Å²) in [5.41, 5.74) is 13.2. The van der Waals surface area contributed by atoms with E-state index >= 15 is 0 Å². The zero-order valence-corrected chi connectivity index (χ0v) is 25.4. The molecule has 9 nitrogen and oxygen atoms in total. The van der Waals surface area contributed by atoms with E-state index in [-0.39, 0.29) is 42.0 Å². The standard InChI is InChI=1S/C31H53N3O6/c1-19(2)22(15-21-11-12-28(39-6)29(16-21)40-14-8-13-38-5)17-25(32)27(35)18-24(20(3)4)31(37)34-26-10-7-9-23(26)30(33)36/h11-12,16,19-20,22-27,35H,7-10,13-15,17-18,32H2,1-6H3,(H2,33,36)(H,34,37)/t22-,23?,24-,25-,26?,27-/m0/s1. The fourth-order valence-corrected chi connectivity index (χ4v) is 5.63. The third-order valence-electron chi connectivity index (χ3n) is 8.33. The predicted octanol–water partition coefficient (Wildman–Crippen LogP) is 3.44. The molecule has 1 aliphatic rings. The molecule has 0 heterocycles. The number of nitrogens with two attached hydrogens (primary N) is 2. The van der Waals surface area contributed by atoms with Crippen LogP contribution in [0.15, 0.2) is 18.2 Å². The molecule has 2 rings (SSSR count). The van der Waals surface area contributed by atoms with E-state index in [2.05, 4.69) is 19.2 Å². The Morgan fingerprint density at radius 3 is 2.38 bits per heavy atom. The van der Waals surface area contributed by atoms with Crippen LogP contribution in [0.4, 0.5) is 0 Å². The van der Waals surface area contributed by atoms with E-state index in [4.69, 9.17) is 25.7 Å². The monoisotopic (exact) mass is 563 g/mol. The summed E-state index contributed by atoms with van der Waals surface area (Å²) in [5, 5.41) is 14.2. The number of methoxy groups -OCH3 is 2. The van der Waals surface area contributed by atoms with Crippen molar-refractivity contribution in [3.05, 3.63) is 23.8 Å². The largest absolute Gasteiger partial charge is 0.493 e. The van der Waals surface area contributed by atoms with E-state index in [0.717, 1.165) is 31.2 Å². The van der Waals surface area contributed by atoms with Gasteiger partial charge in [0.25, 0.3) is 0 Å². The maximum atomic E-state index is 13.2. The number of hydrogen-bond acceptors (Lipinski definition) is 7. The van der Waals surface area contributed by atoms with Crippen LogP contribution in [-0.2, 0) is 20.7 Å². The first-order valence-corrected chi connectivity index (χ1v) is 14.8. The van der Waals surface area contributed by atoms with Gasteiger partial charge in [-0.05, 0) is 67.6 Å². The van der Waals surface area contributed by atoms with Crippen molar-refractivity contribution < 1.29 is 28.9 Å². The van der Waals surface area contributed by atoms with Gasteiger partial charge in [0.2, 0.25) is 11.8 Å². The Morgan fingerprint density at radius 2 is 1.77 bits per heavy atom. The molecule has 0 aromatic heterocycles. The molecular formula is C31H53N3O6. The zero-order chi connectivity index (χ0) is 29.8. The molecule has 1 aromatic carbocycles. The van der Waals surface area contributed by atoms with E-state index in [1.165, 1.54) is 0 Å². The maximum Gasteiger partial charge on any atom is 0.223 e. The van der Waals surface area contributed by atoms with Crippen molar-refractivity contribution in [3.8, 4) is 11.5 Å². The van der Waals surface area contributed by atoms with Crippen LogP contribution in [0, 0.1) is 29.6 Å². The molecule has 0 spiro atoms. The molecule has 6 atom stereocenters. The lowest BCUT2D eigenvalue weighted by atomic mass is 9.80. The molecule has 2 amide bonds. The minimum Gasteiger partial charge on any atom is -0.493 e. The molecular weight excluding hydrogens is 510 g/mol. The van der Waals surface area contributed by atoms with Crippen molar-refractivity contribution in [1.29, 1.82) is 0 Å². The molecule has 9 heteroatoms. The van der Waals surface area contributed by atoms with Crippen molar-refractivity contribution in [3.63, 3.8) is 0 Å². The Kier molecular flexibility index (Phi) is 14.2. The van der Waals surface area contributed by atoms with Gasteiger partial charge in [0.1, 0.15) is 0 Å². The van der Waals surface area contributed by atoms with Crippen LogP contribution in [0.25, 0.3) is 0 Å². The van der Waals surface area contributed by atoms with E-state index in [9.17, 15) is 14.7 Å². The summed E-state index contributed by atoms with van der Waals surface area (Å²) >= 11 is 0.